The van der Waals surface area contributed by atoms with Crippen LogP contribution in [-0.2, 0) is 11.2 Å². The van der Waals surface area contributed by atoms with Crippen molar-refractivity contribution in [2.45, 2.75) is 50.6 Å². The third-order valence-electron chi connectivity index (χ3n) is 7.13. The van der Waals surface area contributed by atoms with Gasteiger partial charge in [-0.2, -0.15) is 11.8 Å². The van der Waals surface area contributed by atoms with Crippen molar-refractivity contribution in [2.24, 2.45) is 11.3 Å². The summed E-state index contributed by atoms with van der Waals surface area (Å²) in [4.78, 5) is 18.8. The fourth-order valence-corrected chi connectivity index (χ4v) is 6.62. The highest BCUT2D eigenvalue weighted by Crippen LogP contribution is 2.53. The lowest BCUT2D eigenvalue weighted by Gasteiger charge is -2.41. The van der Waals surface area contributed by atoms with Gasteiger partial charge in [0.15, 0.2) is 0 Å². The lowest BCUT2D eigenvalue weighted by molar-refractivity contribution is -0.143. The molecular weight excluding hydrogens is 340 g/mol. The first-order valence-electron chi connectivity index (χ1n) is 10.4. The molecule has 0 spiro atoms. The average molecular weight is 371 g/mol. The van der Waals surface area contributed by atoms with E-state index in [2.05, 4.69) is 40.1 Å². The van der Waals surface area contributed by atoms with Crippen molar-refractivity contribution >= 4 is 17.7 Å². The van der Waals surface area contributed by atoms with Crippen LogP contribution < -0.4 is 0 Å². The van der Waals surface area contributed by atoms with Crippen LogP contribution in [0.3, 0.4) is 0 Å². The highest BCUT2D eigenvalue weighted by molar-refractivity contribution is 7.99. The number of carbonyl (C=O) groups is 1. The summed E-state index contributed by atoms with van der Waals surface area (Å²) in [5.41, 5.74) is 1.16. The molecule has 3 nitrogen and oxygen atoms in total. The molecule has 0 unspecified atom stereocenters. The minimum atomic E-state index is -0.179. The van der Waals surface area contributed by atoms with Gasteiger partial charge in [-0.3, -0.25) is 9.69 Å². The zero-order valence-electron chi connectivity index (χ0n) is 15.6. The van der Waals surface area contributed by atoms with Gasteiger partial charge in [-0.15, -0.1) is 0 Å². The van der Waals surface area contributed by atoms with Gasteiger partial charge in [0.25, 0.3) is 0 Å². The summed E-state index contributed by atoms with van der Waals surface area (Å²) in [7, 11) is 0. The van der Waals surface area contributed by atoms with E-state index >= 15 is 0 Å². The second-order valence-corrected chi connectivity index (χ2v) is 10.0. The summed E-state index contributed by atoms with van der Waals surface area (Å²) in [5, 5.41) is 0. The van der Waals surface area contributed by atoms with Crippen LogP contribution in [0, 0.1) is 11.3 Å². The predicted octanol–water partition coefficient (Wildman–Crippen LogP) is 3.44. The Hall–Kier alpha value is -1.00. The number of thioether (sulfide) groups is 1. The van der Waals surface area contributed by atoms with Gasteiger partial charge in [0.1, 0.15) is 0 Å². The Morgan fingerprint density at radius 2 is 1.85 bits per heavy atom. The molecule has 4 heteroatoms. The molecule has 3 aliphatic heterocycles. The number of hydrogen-bond acceptors (Lipinski definition) is 3. The van der Waals surface area contributed by atoms with Crippen LogP contribution >= 0.6 is 11.8 Å². The number of carbonyl (C=O) groups excluding carboxylic acids is 1. The Morgan fingerprint density at radius 3 is 2.58 bits per heavy atom. The molecule has 3 atom stereocenters. The number of rotatable bonds is 5. The first kappa shape index (κ1) is 17.1. The lowest BCUT2D eigenvalue weighted by Crippen LogP contribution is -2.54. The Kier molecular flexibility index (Phi) is 4.52. The van der Waals surface area contributed by atoms with Crippen LogP contribution in [-0.4, -0.2) is 58.9 Å². The van der Waals surface area contributed by atoms with Gasteiger partial charge >= 0.3 is 0 Å². The molecule has 26 heavy (non-hydrogen) atoms. The van der Waals surface area contributed by atoms with Gasteiger partial charge in [0.2, 0.25) is 5.91 Å². The molecule has 0 radical (unpaired) electrons. The number of amides is 1. The van der Waals surface area contributed by atoms with Crippen molar-refractivity contribution in [3.8, 4) is 0 Å². The fourth-order valence-electron chi connectivity index (χ4n) is 5.72. The first-order chi connectivity index (χ1) is 12.8. The van der Waals surface area contributed by atoms with Gasteiger partial charge in [-0.1, -0.05) is 30.3 Å². The number of fused-ring (bicyclic) bond motifs is 2. The van der Waals surface area contributed by atoms with E-state index in [1.54, 1.807) is 0 Å². The van der Waals surface area contributed by atoms with Gasteiger partial charge in [0.05, 0.1) is 5.41 Å². The van der Waals surface area contributed by atoms with Crippen LogP contribution in [0.25, 0.3) is 0 Å². The van der Waals surface area contributed by atoms with E-state index in [-0.39, 0.29) is 5.41 Å². The molecule has 1 aromatic rings. The van der Waals surface area contributed by atoms with Crippen LogP contribution in [0.15, 0.2) is 30.3 Å². The molecule has 0 N–H and O–H groups in total. The molecule has 2 bridgehead atoms. The van der Waals surface area contributed by atoms with Crippen LogP contribution in [0.2, 0.25) is 0 Å². The lowest BCUT2D eigenvalue weighted by atomic mass is 9.69. The van der Waals surface area contributed by atoms with Gasteiger partial charge < -0.3 is 4.90 Å². The number of hydrogen-bond donors (Lipinski definition) is 0. The van der Waals surface area contributed by atoms with E-state index in [4.69, 9.17) is 0 Å². The maximum absolute atomic E-state index is 13.9. The molecule has 140 valence electrons. The largest absolute Gasteiger partial charge is 0.341 e. The minimum Gasteiger partial charge on any atom is -0.341 e. The first-order valence-corrected chi connectivity index (χ1v) is 11.6. The van der Waals surface area contributed by atoms with Crippen molar-refractivity contribution in [1.82, 2.24) is 9.80 Å². The molecule has 1 aromatic carbocycles. The summed E-state index contributed by atoms with van der Waals surface area (Å²) in [6, 6.07) is 11.9. The summed E-state index contributed by atoms with van der Waals surface area (Å²) < 4.78 is 0. The zero-order valence-corrected chi connectivity index (χ0v) is 16.4. The van der Waals surface area contributed by atoms with E-state index < -0.39 is 0 Å². The molecule has 4 aliphatic rings. The third-order valence-corrected chi connectivity index (χ3v) is 8.08. The van der Waals surface area contributed by atoms with Crippen molar-refractivity contribution < 1.29 is 4.79 Å². The summed E-state index contributed by atoms with van der Waals surface area (Å²) in [5.74, 6) is 3.59. The van der Waals surface area contributed by atoms with Crippen molar-refractivity contribution in [1.29, 1.82) is 0 Å². The quantitative estimate of drug-likeness (QED) is 0.793. The van der Waals surface area contributed by atoms with Crippen molar-refractivity contribution in [3.63, 3.8) is 0 Å². The maximum Gasteiger partial charge on any atom is 0.230 e. The number of benzene rings is 1. The second-order valence-electron chi connectivity index (χ2n) is 8.81. The number of nitrogens with zero attached hydrogens (tertiary/aromatic N) is 2. The third kappa shape index (κ3) is 2.99. The zero-order chi connectivity index (χ0) is 17.6. The summed E-state index contributed by atoms with van der Waals surface area (Å²) >= 11 is 1.99. The molecule has 1 aliphatic carbocycles. The second kappa shape index (κ2) is 6.87. The maximum atomic E-state index is 13.9. The van der Waals surface area contributed by atoms with E-state index in [1.165, 1.54) is 37.8 Å². The Bertz CT molecular complexity index is 655. The average Bonchev–Trinajstić information content (AvgIpc) is 3.37. The van der Waals surface area contributed by atoms with Gasteiger partial charge in [0, 0.05) is 43.2 Å². The highest BCUT2D eigenvalue weighted by Gasteiger charge is 2.60. The molecule has 4 fully saturated rings. The van der Waals surface area contributed by atoms with Crippen LogP contribution in [0.4, 0.5) is 0 Å². The van der Waals surface area contributed by atoms with E-state index in [0.717, 1.165) is 43.4 Å². The Balaban J connectivity index is 1.45. The minimum absolute atomic E-state index is 0.179. The molecule has 3 heterocycles. The molecular formula is C22H30N2OS. The van der Waals surface area contributed by atoms with Crippen molar-refractivity contribution in [3.05, 3.63) is 35.9 Å². The topological polar surface area (TPSA) is 23.6 Å². The van der Waals surface area contributed by atoms with Gasteiger partial charge in [-0.25, -0.2) is 0 Å². The Labute approximate surface area is 161 Å². The summed E-state index contributed by atoms with van der Waals surface area (Å²) in [6.45, 7) is 3.13. The molecule has 1 amide bonds. The predicted molar refractivity (Wildman–Crippen MR) is 107 cm³/mol. The normalized spacial score (nSPS) is 34.4. The fraction of sp³-hybridized carbons (Fsp3) is 0.682. The van der Waals surface area contributed by atoms with E-state index in [0.29, 0.717) is 18.0 Å². The molecule has 5 rings (SSSR count). The molecule has 1 saturated carbocycles. The SMILES string of the molecule is O=C(N1CCSCC1)[C@]1(Cc2ccccc2)C[C@@H]2CC[C@H]1N2CC1CC1. The Morgan fingerprint density at radius 1 is 1.08 bits per heavy atom. The van der Waals surface area contributed by atoms with E-state index in [9.17, 15) is 4.79 Å². The summed E-state index contributed by atoms with van der Waals surface area (Å²) in [6.07, 6.45) is 7.34. The van der Waals surface area contributed by atoms with Crippen molar-refractivity contribution in [2.75, 3.05) is 31.1 Å². The monoisotopic (exact) mass is 370 g/mol. The molecule has 3 saturated heterocycles. The van der Waals surface area contributed by atoms with Gasteiger partial charge in [-0.05, 0) is 50.0 Å². The highest BCUT2D eigenvalue weighted by atomic mass is 32.2. The van der Waals surface area contributed by atoms with Crippen LogP contribution in [0.1, 0.15) is 37.7 Å². The van der Waals surface area contributed by atoms with E-state index in [1.807, 2.05) is 11.8 Å². The smallest absolute Gasteiger partial charge is 0.230 e. The molecule has 0 aromatic heterocycles. The van der Waals surface area contributed by atoms with Crippen LogP contribution in [0.5, 0.6) is 0 Å². The standard InChI is InChI=1S/C22H30N2OS/c25-21(23-10-12-26-13-11-23)22(14-17-4-2-1-3-5-17)15-19-8-9-20(22)24(19)16-18-6-7-18/h1-5,18-20H,6-16H2/t19-,20+,22+/m0/s1.